The number of hydrogen-bond donors (Lipinski definition) is 1. The maximum Gasteiger partial charge on any atom is 0.242 e. The maximum atomic E-state index is 13.3. The lowest BCUT2D eigenvalue weighted by molar-refractivity contribution is -0.127. The molecule has 0 aromatic heterocycles. The van der Waals surface area contributed by atoms with Gasteiger partial charge < -0.3 is 4.90 Å². The van der Waals surface area contributed by atoms with E-state index in [-0.39, 0.29) is 21.4 Å². The molecule has 0 saturated carbocycles. The van der Waals surface area contributed by atoms with E-state index in [1.54, 1.807) is 7.05 Å². The first-order chi connectivity index (χ1) is 9.22. The van der Waals surface area contributed by atoms with E-state index in [1.807, 2.05) is 0 Å². The molecule has 0 radical (unpaired) electrons. The van der Waals surface area contributed by atoms with Crippen LogP contribution < -0.4 is 4.72 Å². The third-order valence-corrected chi connectivity index (χ3v) is 5.16. The fourth-order valence-corrected chi connectivity index (χ4v) is 3.84. The van der Waals surface area contributed by atoms with Crippen molar-refractivity contribution in [3.05, 3.63) is 28.5 Å². The highest BCUT2D eigenvalue weighted by Crippen LogP contribution is 2.25. The second-order valence-electron chi connectivity index (χ2n) is 4.75. The van der Waals surface area contributed by atoms with Crippen LogP contribution in [0.15, 0.2) is 17.0 Å². The zero-order valence-electron chi connectivity index (χ0n) is 11.0. The van der Waals surface area contributed by atoms with E-state index in [1.165, 1.54) is 11.8 Å². The third kappa shape index (κ3) is 2.79. The summed E-state index contributed by atoms with van der Waals surface area (Å²) in [5.41, 5.74) is 0.171. The van der Waals surface area contributed by atoms with Gasteiger partial charge in [0.25, 0.3) is 0 Å². The molecule has 2 rings (SSSR count). The van der Waals surface area contributed by atoms with Crippen LogP contribution in [0.1, 0.15) is 12.0 Å². The summed E-state index contributed by atoms with van der Waals surface area (Å²) in [6, 6.07) is 1.31. The smallest absolute Gasteiger partial charge is 0.242 e. The molecule has 1 fully saturated rings. The third-order valence-electron chi connectivity index (χ3n) is 3.23. The van der Waals surface area contributed by atoms with Gasteiger partial charge in [-0.2, -0.15) is 4.72 Å². The number of benzene rings is 1. The summed E-state index contributed by atoms with van der Waals surface area (Å²) >= 11 is 5.78. The molecule has 0 unspecified atom stereocenters. The van der Waals surface area contributed by atoms with Crippen molar-refractivity contribution in [1.82, 2.24) is 9.62 Å². The van der Waals surface area contributed by atoms with Crippen molar-refractivity contribution in [2.24, 2.45) is 0 Å². The minimum absolute atomic E-state index is 0.171. The Kier molecular flexibility index (Phi) is 4.04. The number of sulfonamides is 1. The number of aryl methyl sites for hydroxylation is 1. The highest BCUT2D eigenvalue weighted by atomic mass is 35.5. The summed E-state index contributed by atoms with van der Waals surface area (Å²) in [6.45, 7) is 1.93. The van der Waals surface area contributed by atoms with Crippen molar-refractivity contribution in [3.8, 4) is 0 Å². The molecular weight excluding hydrogens is 307 g/mol. The Morgan fingerprint density at radius 2 is 2.10 bits per heavy atom. The molecule has 0 bridgehead atoms. The van der Waals surface area contributed by atoms with Crippen molar-refractivity contribution >= 4 is 27.5 Å². The molecular formula is C12H14ClFN2O3S. The highest BCUT2D eigenvalue weighted by Gasteiger charge is 2.33. The summed E-state index contributed by atoms with van der Waals surface area (Å²) < 4.78 is 40.1. The predicted molar refractivity (Wildman–Crippen MR) is 72.5 cm³/mol. The van der Waals surface area contributed by atoms with E-state index in [0.29, 0.717) is 13.0 Å². The Morgan fingerprint density at radius 1 is 1.45 bits per heavy atom. The molecule has 1 aromatic carbocycles. The van der Waals surface area contributed by atoms with E-state index < -0.39 is 21.9 Å². The van der Waals surface area contributed by atoms with Crippen LogP contribution in [0.5, 0.6) is 0 Å². The van der Waals surface area contributed by atoms with E-state index in [0.717, 1.165) is 12.1 Å². The topological polar surface area (TPSA) is 66.5 Å². The van der Waals surface area contributed by atoms with Gasteiger partial charge in [0.1, 0.15) is 16.8 Å². The Morgan fingerprint density at radius 3 is 2.65 bits per heavy atom. The monoisotopic (exact) mass is 320 g/mol. The molecule has 1 saturated heterocycles. The van der Waals surface area contributed by atoms with Crippen molar-refractivity contribution in [2.45, 2.75) is 24.3 Å². The quantitative estimate of drug-likeness (QED) is 0.913. The van der Waals surface area contributed by atoms with E-state index >= 15 is 0 Å². The van der Waals surface area contributed by atoms with Gasteiger partial charge in [-0.25, -0.2) is 12.8 Å². The number of nitrogens with one attached hydrogen (secondary N) is 1. The highest BCUT2D eigenvalue weighted by molar-refractivity contribution is 7.89. The average Bonchev–Trinajstić information content (AvgIpc) is 2.65. The van der Waals surface area contributed by atoms with Crippen LogP contribution in [-0.2, 0) is 14.8 Å². The molecule has 1 aliphatic rings. The molecule has 20 heavy (non-hydrogen) atoms. The van der Waals surface area contributed by atoms with Gasteiger partial charge in [-0.05, 0) is 31.0 Å². The molecule has 1 aliphatic heterocycles. The number of hydrogen-bond acceptors (Lipinski definition) is 3. The van der Waals surface area contributed by atoms with Gasteiger partial charge >= 0.3 is 0 Å². The minimum Gasteiger partial charge on any atom is -0.344 e. The minimum atomic E-state index is -3.97. The molecule has 5 nitrogen and oxygen atoms in total. The van der Waals surface area contributed by atoms with Gasteiger partial charge in [-0.1, -0.05) is 11.6 Å². The van der Waals surface area contributed by atoms with Gasteiger partial charge in [0.05, 0.1) is 5.02 Å². The number of carbonyl (C=O) groups excluding carboxylic acids is 1. The Balaban J connectivity index is 2.32. The van der Waals surface area contributed by atoms with Crippen LogP contribution in [0.25, 0.3) is 0 Å². The number of likely N-dealkylation sites (N-methyl/N-ethyl adjacent to an activating group) is 1. The summed E-state index contributed by atoms with van der Waals surface area (Å²) in [5, 5.41) is -0.209. The van der Waals surface area contributed by atoms with Crippen LogP contribution >= 0.6 is 11.6 Å². The van der Waals surface area contributed by atoms with Gasteiger partial charge in [-0.3, -0.25) is 4.79 Å². The molecule has 1 N–H and O–H groups in total. The zero-order chi connectivity index (χ0) is 15.1. The number of likely N-dealkylation sites (tertiary alicyclic amines) is 1. The molecule has 110 valence electrons. The average molecular weight is 321 g/mol. The summed E-state index contributed by atoms with van der Waals surface area (Å²) in [7, 11) is -2.36. The normalized spacial score (nSPS) is 19.7. The van der Waals surface area contributed by atoms with Gasteiger partial charge in [0.2, 0.25) is 15.9 Å². The fourth-order valence-electron chi connectivity index (χ4n) is 2.02. The van der Waals surface area contributed by atoms with E-state index in [4.69, 9.17) is 11.6 Å². The second-order valence-corrected chi connectivity index (χ2v) is 6.84. The maximum absolute atomic E-state index is 13.3. The van der Waals surface area contributed by atoms with Gasteiger partial charge in [0, 0.05) is 13.6 Å². The van der Waals surface area contributed by atoms with Crippen LogP contribution in [-0.4, -0.2) is 38.9 Å². The number of rotatable bonds is 3. The second kappa shape index (κ2) is 5.31. The number of halogens is 2. The first kappa shape index (κ1) is 15.2. The van der Waals surface area contributed by atoms with Crippen molar-refractivity contribution in [1.29, 1.82) is 0 Å². The molecule has 0 spiro atoms. The van der Waals surface area contributed by atoms with Crippen molar-refractivity contribution < 1.29 is 17.6 Å². The summed E-state index contributed by atoms with van der Waals surface area (Å²) in [5.74, 6) is -0.867. The Labute approximate surface area is 121 Å². The van der Waals surface area contributed by atoms with Crippen LogP contribution in [0.4, 0.5) is 4.39 Å². The lowest BCUT2D eigenvalue weighted by atomic mass is 10.2. The number of amides is 1. The first-order valence-electron chi connectivity index (χ1n) is 5.95. The lowest BCUT2D eigenvalue weighted by Gasteiger charge is -2.14. The number of carbonyl (C=O) groups is 1. The van der Waals surface area contributed by atoms with E-state index in [9.17, 15) is 17.6 Å². The molecule has 1 amide bonds. The largest absolute Gasteiger partial charge is 0.344 e. The Hall–Kier alpha value is -1.18. The molecule has 1 aromatic rings. The van der Waals surface area contributed by atoms with Crippen molar-refractivity contribution in [3.63, 3.8) is 0 Å². The molecule has 0 aliphatic carbocycles. The first-order valence-corrected chi connectivity index (χ1v) is 7.81. The van der Waals surface area contributed by atoms with Gasteiger partial charge in [-0.15, -0.1) is 0 Å². The Bertz CT molecular complexity index is 663. The molecule has 8 heteroatoms. The van der Waals surface area contributed by atoms with Crippen LogP contribution in [0.3, 0.4) is 0 Å². The van der Waals surface area contributed by atoms with E-state index in [2.05, 4.69) is 4.72 Å². The number of nitrogens with zero attached hydrogens (tertiary/aromatic N) is 1. The van der Waals surface area contributed by atoms with Gasteiger partial charge in [0.15, 0.2) is 0 Å². The molecule has 1 heterocycles. The zero-order valence-corrected chi connectivity index (χ0v) is 12.6. The standard InChI is InChI=1S/C12H14ClFN2O3S/c1-7-5-11(8(13)6-9(7)14)20(18,19)15-10-3-4-16(2)12(10)17/h5-6,10,15H,3-4H2,1-2H3/t10-/m0/s1. The SMILES string of the molecule is Cc1cc(S(=O)(=O)N[C@H]2CCN(C)C2=O)c(Cl)cc1F. The van der Waals surface area contributed by atoms with Crippen molar-refractivity contribution in [2.75, 3.05) is 13.6 Å². The lowest BCUT2D eigenvalue weighted by Crippen LogP contribution is -2.40. The van der Waals surface area contributed by atoms with Crippen LogP contribution in [0, 0.1) is 12.7 Å². The summed E-state index contributed by atoms with van der Waals surface area (Å²) in [4.78, 5) is 13.0. The predicted octanol–water partition coefficient (Wildman–Crippen LogP) is 1.30. The fraction of sp³-hybridized carbons (Fsp3) is 0.417. The van der Waals surface area contributed by atoms with Crippen LogP contribution in [0.2, 0.25) is 5.02 Å². The summed E-state index contributed by atoms with van der Waals surface area (Å²) in [6.07, 6.45) is 0.395. The molecule has 1 atom stereocenters.